The molecule has 0 aromatic carbocycles. The molecule has 0 aliphatic rings. The summed E-state index contributed by atoms with van der Waals surface area (Å²) in [7, 11) is 0. The van der Waals surface area contributed by atoms with E-state index in [1.165, 1.54) is 70.3 Å². The molecule has 1 radical (unpaired) electrons. The number of aliphatic carboxylic acids is 1. The Hall–Kier alpha value is 0.00870. The van der Waals surface area contributed by atoms with Crippen LogP contribution in [0.15, 0.2) is 12.2 Å². The van der Waals surface area contributed by atoms with Crippen LogP contribution in [0.1, 0.15) is 97.8 Å². The molecule has 0 spiro atoms. The van der Waals surface area contributed by atoms with Crippen molar-refractivity contribution in [3.8, 4) is 0 Å². The first-order valence-corrected chi connectivity index (χ1v) is 13.8. The van der Waals surface area contributed by atoms with E-state index in [-0.39, 0.29) is 21.1 Å². The molecule has 0 aromatic rings. The third-order valence-electron chi connectivity index (χ3n) is 3.72. The summed E-state index contributed by atoms with van der Waals surface area (Å²) in [5.41, 5.74) is 0. The molecule has 3 heteroatoms. The quantitative estimate of drug-likeness (QED) is 0.194. The monoisotopic (exact) mass is 431 g/mol. The van der Waals surface area contributed by atoms with Crippen molar-refractivity contribution in [1.29, 1.82) is 0 Å². The molecule has 0 aliphatic carbocycles. The van der Waals surface area contributed by atoms with Gasteiger partial charge in [-0.25, -0.2) is 0 Å². The molecule has 0 aliphatic heterocycles. The van der Waals surface area contributed by atoms with Gasteiger partial charge >= 0.3 is 121 Å². The van der Waals surface area contributed by atoms with Crippen LogP contribution < -0.4 is 5.11 Å². The Kier molecular flexibility index (Phi) is 26.6. The molecule has 0 rings (SSSR count). The Morgan fingerprint density at radius 3 is 1.48 bits per heavy atom. The molecule has 0 fully saturated rings. The van der Waals surface area contributed by atoms with E-state index in [4.69, 9.17) is 0 Å². The number of carboxylic acids is 1. The number of unbranched alkanes of at least 4 members (excludes halogenated alkanes) is 10. The van der Waals surface area contributed by atoms with Crippen molar-refractivity contribution in [3.63, 3.8) is 0 Å². The van der Waals surface area contributed by atoms with Gasteiger partial charge in [-0.2, -0.15) is 0 Å². The predicted molar refractivity (Wildman–Crippen MR) is 102 cm³/mol. The summed E-state index contributed by atoms with van der Waals surface area (Å²) < 4.78 is 3.31. The average molecular weight is 430 g/mol. The Balaban J connectivity index is 0. The fraction of sp³-hybridized carbons (Fsp3) is 0.850. The van der Waals surface area contributed by atoms with Gasteiger partial charge in [-0.15, -0.1) is 0 Å². The molecule has 0 amide bonds. The molecular weight excluding hydrogens is 391 g/mol. The fourth-order valence-corrected chi connectivity index (χ4v) is 5.89. The van der Waals surface area contributed by atoms with E-state index in [0.717, 1.165) is 6.08 Å². The van der Waals surface area contributed by atoms with E-state index in [1.807, 2.05) is 0 Å². The maximum atomic E-state index is 9.40. The van der Waals surface area contributed by atoms with Gasteiger partial charge < -0.3 is 9.90 Å². The van der Waals surface area contributed by atoms with E-state index in [9.17, 15) is 9.90 Å². The van der Waals surface area contributed by atoms with Crippen molar-refractivity contribution in [2.75, 3.05) is 0 Å². The molecule has 0 atom stereocenters. The van der Waals surface area contributed by atoms with Gasteiger partial charge in [-0.3, -0.25) is 0 Å². The molecule has 23 heavy (non-hydrogen) atoms. The summed E-state index contributed by atoms with van der Waals surface area (Å²) in [5.74, 6) is -1.14. The predicted octanol–water partition coefficient (Wildman–Crippen LogP) is 5.56. The summed E-state index contributed by atoms with van der Waals surface area (Å²) in [4.78, 5) is 9.40. The Morgan fingerprint density at radius 1 is 0.783 bits per heavy atom. The second-order valence-corrected chi connectivity index (χ2v) is 10.4. The topological polar surface area (TPSA) is 40.1 Å². The number of carbonyl (C=O) groups is 1. The molecular formula is C20H39O2Sn. The van der Waals surface area contributed by atoms with E-state index < -0.39 is 5.97 Å². The van der Waals surface area contributed by atoms with Crippen LogP contribution >= 0.6 is 0 Å². The first-order chi connectivity index (χ1) is 11.2. The van der Waals surface area contributed by atoms with E-state index in [0.29, 0.717) is 0 Å². The molecule has 0 unspecified atom stereocenters. The van der Waals surface area contributed by atoms with Crippen LogP contribution in [0.5, 0.6) is 0 Å². The molecule has 0 aromatic heterocycles. The summed E-state index contributed by atoms with van der Waals surface area (Å²) in [6.45, 7) is 6.22. The van der Waals surface area contributed by atoms with Crippen LogP contribution in [0, 0.1) is 0 Å². The van der Waals surface area contributed by atoms with Gasteiger partial charge in [0.2, 0.25) is 0 Å². The van der Waals surface area contributed by atoms with Crippen LogP contribution in [0.4, 0.5) is 0 Å². The third-order valence-corrected chi connectivity index (χ3v) is 7.75. The number of carboxylic acid groups (broad SMARTS) is 1. The fourth-order valence-electron chi connectivity index (χ4n) is 2.32. The first kappa shape index (κ1) is 25.3. The Bertz CT molecular complexity index is 238. The van der Waals surface area contributed by atoms with Gasteiger partial charge in [0, 0.05) is 0 Å². The van der Waals surface area contributed by atoms with Gasteiger partial charge in [0.05, 0.1) is 5.97 Å². The minimum atomic E-state index is -1.14. The van der Waals surface area contributed by atoms with Crippen LogP contribution in [0.2, 0.25) is 8.87 Å². The van der Waals surface area contributed by atoms with Crippen LogP contribution in [0.3, 0.4) is 0 Å². The van der Waals surface area contributed by atoms with Gasteiger partial charge in [-0.05, 0) is 13.0 Å². The Morgan fingerprint density at radius 2 is 1.17 bits per heavy atom. The molecule has 2 nitrogen and oxygen atoms in total. The van der Waals surface area contributed by atoms with Gasteiger partial charge in [0.15, 0.2) is 0 Å². The number of allylic oxidation sites excluding steroid dienone is 1. The minimum absolute atomic E-state index is 0.0736. The van der Waals surface area contributed by atoms with E-state index in [1.54, 1.807) is 28.6 Å². The van der Waals surface area contributed by atoms with Gasteiger partial charge in [0.25, 0.3) is 0 Å². The van der Waals surface area contributed by atoms with Crippen LogP contribution in [-0.2, 0) is 4.79 Å². The number of carbonyl (C=O) groups excluding carboxylic acids is 1. The second kappa shape index (κ2) is 24.3. The van der Waals surface area contributed by atoms with Crippen molar-refractivity contribution in [2.45, 2.75) is 107 Å². The standard InChI is InChI=1S/2C8H17.C4H6O2.Sn/c2*1-3-5-7-8-6-4-2;1-2-3-4(5)6;/h2*1,3-8H2,2H3;2-3H,1H3,(H,5,6);/q;;;+1/p-1/b;;3-2+;. The normalized spacial score (nSPS) is 10.4. The number of hydrogen-bond donors (Lipinski definition) is 0. The van der Waals surface area contributed by atoms with Crippen molar-refractivity contribution in [1.82, 2.24) is 0 Å². The maximum absolute atomic E-state index is 9.40. The summed E-state index contributed by atoms with van der Waals surface area (Å²) in [6, 6.07) is 0. The van der Waals surface area contributed by atoms with Crippen molar-refractivity contribution < 1.29 is 9.90 Å². The molecule has 0 bridgehead atoms. The summed E-state index contributed by atoms with van der Waals surface area (Å²) in [6.07, 6.45) is 20.2. The van der Waals surface area contributed by atoms with Gasteiger partial charge in [-0.1, -0.05) is 6.08 Å². The van der Waals surface area contributed by atoms with Crippen molar-refractivity contribution in [2.24, 2.45) is 0 Å². The van der Waals surface area contributed by atoms with Crippen LogP contribution in [-0.4, -0.2) is 27.1 Å². The molecule has 0 heterocycles. The number of rotatable bonds is 15. The van der Waals surface area contributed by atoms with E-state index >= 15 is 0 Å². The zero-order valence-corrected chi connectivity index (χ0v) is 18.7. The van der Waals surface area contributed by atoms with Crippen LogP contribution in [0.25, 0.3) is 0 Å². The first-order valence-electron chi connectivity index (χ1n) is 9.73. The SMILES string of the molecule is C/C=C/C(=O)[O-].CCCCCCC[CH2][Sn+][CH2]CCCCCCC. The number of hydrogen-bond acceptors (Lipinski definition) is 2. The average Bonchev–Trinajstić information content (AvgIpc) is 2.52. The third kappa shape index (κ3) is 30.5. The molecule has 0 saturated heterocycles. The zero-order valence-electron chi connectivity index (χ0n) is 15.9. The summed E-state index contributed by atoms with van der Waals surface area (Å²) in [5, 5.41) is 9.40. The van der Waals surface area contributed by atoms with E-state index in [2.05, 4.69) is 13.8 Å². The molecule has 0 saturated carbocycles. The Labute approximate surface area is 155 Å². The zero-order chi connectivity index (χ0) is 17.6. The van der Waals surface area contributed by atoms with Crippen molar-refractivity contribution >= 4 is 27.1 Å². The summed E-state index contributed by atoms with van der Waals surface area (Å²) >= 11 is 0.0736. The second-order valence-electron chi connectivity index (χ2n) is 6.10. The van der Waals surface area contributed by atoms with Crippen molar-refractivity contribution in [3.05, 3.63) is 12.2 Å². The molecule has 0 N–H and O–H groups in total. The molecule has 135 valence electrons. The van der Waals surface area contributed by atoms with Gasteiger partial charge in [0.1, 0.15) is 0 Å².